The lowest BCUT2D eigenvalue weighted by molar-refractivity contribution is -0.135. The highest BCUT2D eigenvalue weighted by Crippen LogP contribution is 2.46. The topological polar surface area (TPSA) is 36.4 Å². The number of hydrogen-bond donors (Lipinski definition) is 0. The number of hydrogen-bond acceptors (Lipinski definition) is 4. The fourth-order valence-corrected chi connectivity index (χ4v) is 6.15. The molecule has 2 bridgehead atoms. The largest absolute Gasteiger partial charge is 0.337 e. The fraction of sp³-hybridized carbons (Fsp3) is 0.524. The Morgan fingerprint density at radius 2 is 1.89 bits per heavy atom. The van der Waals surface area contributed by atoms with E-state index in [1.807, 2.05) is 17.2 Å². The van der Waals surface area contributed by atoms with E-state index in [-0.39, 0.29) is 23.9 Å². The third kappa shape index (κ3) is 3.05. The molecule has 1 aromatic heterocycles. The number of carbonyl (C=O) groups excluding carboxylic acids is 1. The van der Waals surface area contributed by atoms with Gasteiger partial charge in [0, 0.05) is 30.0 Å². The minimum atomic E-state index is -0.551. The Bertz CT molecular complexity index is 889. The summed E-state index contributed by atoms with van der Waals surface area (Å²) >= 11 is 1.55. The van der Waals surface area contributed by atoms with Gasteiger partial charge in [0.1, 0.15) is 11.6 Å². The van der Waals surface area contributed by atoms with E-state index < -0.39 is 11.6 Å². The Hall–Kier alpha value is -1.86. The molecule has 148 valence electrons. The number of fused-ring (bicyclic) bond motifs is 2. The Labute approximate surface area is 167 Å². The van der Waals surface area contributed by atoms with E-state index in [2.05, 4.69) is 9.88 Å². The van der Waals surface area contributed by atoms with Gasteiger partial charge >= 0.3 is 0 Å². The maximum atomic E-state index is 13.9. The smallest absolute Gasteiger partial charge is 0.228 e. The summed E-state index contributed by atoms with van der Waals surface area (Å²) in [5, 5.41) is 2.90. The molecule has 1 aromatic carbocycles. The first-order valence-corrected chi connectivity index (χ1v) is 10.8. The lowest BCUT2D eigenvalue weighted by atomic mass is 9.75. The molecule has 5 heterocycles. The minimum absolute atomic E-state index is 0.0561. The van der Waals surface area contributed by atoms with Crippen molar-refractivity contribution in [3.05, 3.63) is 51.5 Å². The Balaban J connectivity index is 1.47. The van der Waals surface area contributed by atoms with Gasteiger partial charge in [0.05, 0.1) is 23.2 Å². The first-order valence-electron chi connectivity index (χ1n) is 9.90. The van der Waals surface area contributed by atoms with Crippen LogP contribution in [0.2, 0.25) is 0 Å². The van der Waals surface area contributed by atoms with Gasteiger partial charge in [-0.1, -0.05) is 0 Å². The van der Waals surface area contributed by atoms with E-state index in [4.69, 9.17) is 0 Å². The van der Waals surface area contributed by atoms with Gasteiger partial charge in [-0.15, -0.1) is 11.3 Å². The first-order chi connectivity index (χ1) is 13.5. The van der Waals surface area contributed by atoms with Crippen LogP contribution in [0.3, 0.4) is 0 Å². The molecule has 0 N–H and O–H groups in total. The molecule has 0 spiro atoms. The van der Waals surface area contributed by atoms with Crippen LogP contribution >= 0.6 is 11.3 Å². The third-order valence-electron chi connectivity index (χ3n) is 6.63. The zero-order chi connectivity index (χ0) is 19.4. The lowest BCUT2D eigenvalue weighted by Crippen LogP contribution is -2.60. The number of aryl methyl sites for hydroxylation is 1. The molecular weight excluding hydrogens is 380 g/mol. The first kappa shape index (κ1) is 18.2. The quantitative estimate of drug-likeness (QED) is 0.789. The van der Waals surface area contributed by atoms with Crippen LogP contribution in [0.1, 0.15) is 35.0 Å². The predicted octanol–water partition coefficient (Wildman–Crippen LogP) is 3.36. The van der Waals surface area contributed by atoms with Crippen molar-refractivity contribution in [1.29, 1.82) is 0 Å². The lowest BCUT2D eigenvalue weighted by Gasteiger charge is -2.51. The normalized spacial score (nSPS) is 31.2. The van der Waals surface area contributed by atoms with E-state index >= 15 is 0 Å². The van der Waals surface area contributed by atoms with Crippen molar-refractivity contribution in [3.63, 3.8) is 0 Å². The van der Waals surface area contributed by atoms with Crippen molar-refractivity contribution in [2.75, 3.05) is 19.6 Å². The predicted molar refractivity (Wildman–Crippen MR) is 103 cm³/mol. The molecule has 0 saturated carbocycles. The van der Waals surface area contributed by atoms with E-state index in [1.54, 1.807) is 11.3 Å². The van der Waals surface area contributed by atoms with E-state index in [1.165, 1.54) is 12.1 Å². The summed E-state index contributed by atoms with van der Waals surface area (Å²) in [6.45, 7) is 4.47. The Kier molecular flexibility index (Phi) is 4.47. The molecule has 1 amide bonds. The number of rotatable bonds is 3. The highest BCUT2D eigenvalue weighted by atomic mass is 32.1. The van der Waals surface area contributed by atoms with Gasteiger partial charge in [0.25, 0.3) is 0 Å². The van der Waals surface area contributed by atoms with Crippen LogP contribution in [0.5, 0.6) is 0 Å². The summed E-state index contributed by atoms with van der Waals surface area (Å²) in [5.74, 6) is -0.608. The summed E-state index contributed by atoms with van der Waals surface area (Å²) < 4.78 is 27.8. The molecule has 6 rings (SSSR count). The number of thiazole rings is 1. The van der Waals surface area contributed by atoms with Crippen LogP contribution in [0.15, 0.2) is 23.6 Å². The van der Waals surface area contributed by atoms with Gasteiger partial charge in [-0.05, 0) is 56.5 Å². The maximum absolute atomic E-state index is 13.9. The third-order valence-corrected chi connectivity index (χ3v) is 7.45. The summed E-state index contributed by atoms with van der Waals surface area (Å²) in [6.07, 6.45) is 2.47. The second-order valence-corrected chi connectivity index (χ2v) is 9.31. The molecule has 4 fully saturated rings. The molecule has 4 aliphatic heterocycles. The van der Waals surface area contributed by atoms with E-state index in [0.29, 0.717) is 24.4 Å². The number of piperidine rings is 3. The van der Waals surface area contributed by atoms with Gasteiger partial charge in [-0.25, -0.2) is 13.8 Å². The monoisotopic (exact) mass is 403 g/mol. The van der Waals surface area contributed by atoms with Crippen molar-refractivity contribution < 1.29 is 13.6 Å². The second-order valence-electron chi connectivity index (χ2n) is 8.24. The summed E-state index contributed by atoms with van der Waals surface area (Å²) in [6, 6.07) is 4.06. The van der Waals surface area contributed by atoms with E-state index in [0.717, 1.165) is 42.7 Å². The van der Waals surface area contributed by atoms with Crippen LogP contribution in [0.4, 0.5) is 8.78 Å². The molecule has 0 aliphatic carbocycles. The van der Waals surface area contributed by atoms with Crippen LogP contribution in [-0.4, -0.2) is 52.4 Å². The van der Waals surface area contributed by atoms with Crippen LogP contribution < -0.4 is 0 Å². The number of aromatic nitrogens is 1. The van der Waals surface area contributed by atoms with Gasteiger partial charge < -0.3 is 4.90 Å². The molecule has 4 saturated heterocycles. The zero-order valence-electron chi connectivity index (χ0n) is 15.8. The SMILES string of the molecule is Cc1nc(CC(=O)N2C[C@H](c3cc(F)cc(F)c3)[C@H]3[C@@H]2C2CCN3CC2)cs1. The zero-order valence-corrected chi connectivity index (χ0v) is 16.6. The molecule has 4 aliphatic rings. The summed E-state index contributed by atoms with van der Waals surface area (Å²) in [7, 11) is 0. The number of amides is 1. The maximum Gasteiger partial charge on any atom is 0.228 e. The molecule has 4 nitrogen and oxygen atoms in total. The summed E-state index contributed by atoms with van der Waals surface area (Å²) in [5.41, 5.74) is 1.48. The Morgan fingerprint density at radius 1 is 1.18 bits per heavy atom. The van der Waals surface area contributed by atoms with Crippen molar-refractivity contribution in [3.8, 4) is 0 Å². The molecule has 7 heteroatoms. The number of halogens is 2. The standard InChI is InChI=1S/C21H23F2N3OS/c1-12-24-17(11-28-12)9-19(27)26-10-18(14-6-15(22)8-16(23)7-14)21-20(26)13-2-4-25(21)5-3-13/h6-8,11,13,18,20-21H,2-5,9-10H2,1H3/t18-,20+,21+/m1/s1. The van der Waals surface area contributed by atoms with Crippen molar-refractivity contribution in [2.45, 2.75) is 44.2 Å². The highest BCUT2D eigenvalue weighted by Gasteiger charge is 2.54. The van der Waals surface area contributed by atoms with Crippen LogP contribution in [0.25, 0.3) is 0 Å². The Morgan fingerprint density at radius 3 is 2.54 bits per heavy atom. The molecule has 28 heavy (non-hydrogen) atoms. The molecule has 0 radical (unpaired) electrons. The minimum Gasteiger partial charge on any atom is -0.337 e. The molecule has 3 atom stereocenters. The number of nitrogens with zero attached hydrogens (tertiary/aromatic N) is 3. The number of benzene rings is 1. The van der Waals surface area contributed by atoms with Crippen LogP contribution in [-0.2, 0) is 11.2 Å². The second kappa shape index (κ2) is 6.88. The summed E-state index contributed by atoms with van der Waals surface area (Å²) in [4.78, 5) is 22.0. The fourth-order valence-electron chi connectivity index (χ4n) is 5.53. The van der Waals surface area contributed by atoms with E-state index in [9.17, 15) is 13.6 Å². The van der Waals surface area contributed by atoms with Crippen molar-refractivity contribution in [2.24, 2.45) is 5.92 Å². The van der Waals surface area contributed by atoms with Crippen molar-refractivity contribution >= 4 is 17.2 Å². The van der Waals surface area contributed by atoms with Gasteiger partial charge in [-0.2, -0.15) is 0 Å². The molecule has 2 aromatic rings. The van der Waals surface area contributed by atoms with Gasteiger partial charge in [0.15, 0.2) is 0 Å². The highest BCUT2D eigenvalue weighted by molar-refractivity contribution is 7.09. The van der Waals surface area contributed by atoms with Crippen molar-refractivity contribution in [1.82, 2.24) is 14.8 Å². The van der Waals surface area contributed by atoms with Gasteiger partial charge in [-0.3, -0.25) is 9.69 Å². The average Bonchev–Trinajstić information content (AvgIpc) is 3.27. The van der Waals surface area contributed by atoms with Crippen LogP contribution in [0, 0.1) is 24.5 Å². The molecule has 0 unspecified atom stereocenters. The molecular formula is C21H23F2N3OS. The average molecular weight is 403 g/mol. The number of carbonyl (C=O) groups is 1. The number of likely N-dealkylation sites (tertiary alicyclic amines) is 1. The van der Waals surface area contributed by atoms with Gasteiger partial charge in [0.2, 0.25) is 5.91 Å².